The number of carbonyl (C=O) groups is 1. The number of methoxy groups -OCH3 is 1. The third kappa shape index (κ3) is 6.85. The van der Waals surface area contributed by atoms with Crippen molar-refractivity contribution in [3.05, 3.63) is 59.7 Å². The van der Waals surface area contributed by atoms with E-state index in [9.17, 15) is 23.1 Å². The van der Waals surface area contributed by atoms with Crippen LogP contribution < -0.4 is 10.2 Å². The van der Waals surface area contributed by atoms with E-state index >= 15 is 0 Å². The Labute approximate surface area is 190 Å². The lowest BCUT2D eigenvalue weighted by Crippen LogP contribution is -2.50. The van der Waals surface area contributed by atoms with Crippen LogP contribution >= 0.6 is 0 Å². The van der Waals surface area contributed by atoms with E-state index in [1.54, 1.807) is 25.3 Å². The summed E-state index contributed by atoms with van der Waals surface area (Å²) in [5.41, 5.74) is 0.627. The van der Waals surface area contributed by atoms with E-state index in [0.29, 0.717) is 56.7 Å². The molecule has 1 saturated heterocycles. The lowest BCUT2D eigenvalue weighted by molar-refractivity contribution is -0.137. The molecule has 10 heteroatoms. The van der Waals surface area contributed by atoms with Crippen LogP contribution in [-0.2, 0) is 10.9 Å². The Morgan fingerprint density at radius 1 is 1.12 bits per heavy atom. The van der Waals surface area contributed by atoms with Gasteiger partial charge in [-0.15, -0.1) is 0 Å². The smallest absolute Gasteiger partial charge is 0.416 e. The number of hydrogen-bond donors (Lipinski definition) is 2. The fourth-order valence-electron chi connectivity index (χ4n) is 3.53. The van der Waals surface area contributed by atoms with Crippen LogP contribution in [0.2, 0.25) is 0 Å². The molecular weight excluding hydrogens is 437 g/mol. The minimum Gasteiger partial charge on any atom is -0.478 e. The van der Waals surface area contributed by atoms with Crippen molar-refractivity contribution in [1.82, 2.24) is 4.90 Å². The number of carboxylic acids is 1. The summed E-state index contributed by atoms with van der Waals surface area (Å²) >= 11 is 0. The molecule has 1 aliphatic rings. The molecule has 2 aromatic carbocycles. The lowest BCUT2D eigenvalue weighted by Gasteiger charge is -2.38. The van der Waals surface area contributed by atoms with E-state index < -0.39 is 17.7 Å². The second-order valence-corrected chi connectivity index (χ2v) is 7.58. The maximum atomic E-state index is 13.1. The van der Waals surface area contributed by atoms with E-state index in [-0.39, 0.29) is 5.56 Å². The molecule has 0 spiro atoms. The average Bonchev–Trinajstić information content (AvgIpc) is 2.81. The topological polar surface area (TPSA) is 77.4 Å². The molecular formula is C23H27F3N4O3. The minimum atomic E-state index is -4.38. The number of nitrogens with zero attached hydrogens (tertiary/aromatic N) is 3. The van der Waals surface area contributed by atoms with Gasteiger partial charge in [0.05, 0.1) is 11.1 Å². The highest BCUT2D eigenvalue weighted by atomic mass is 19.4. The molecule has 0 saturated carbocycles. The van der Waals surface area contributed by atoms with E-state index in [1.807, 2.05) is 9.80 Å². The largest absolute Gasteiger partial charge is 0.478 e. The Hall–Kier alpha value is -3.27. The van der Waals surface area contributed by atoms with Gasteiger partial charge >= 0.3 is 12.1 Å². The summed E-state index contributed by atoms with van der Waals surface area (Å²) in [6.45, 7) is 3.22. The molecule has 7 nitrogen and oxygen atoms in total. The predicted octanol–water partition coefficient (Wildman–Crippen LogP) is 4.03. The van der Waals surface area contributed by atoms with E-state index in [4.69, 9.17) is 4.74 Å². The molecule has 1 heterocycles. The number of rotatable bonds is 7. The number of ether oxygens (including phenoxy) is 1. The fraction of sp³-hybridized carbons (Fsp3) is 0.391. The molecule has 0 amide bonds. The van der Waals surface area contributed by atoms with Gasteiger partial charge in [-0.25, -0.2) is 4.79 Å². The van der Waals surface area contributed by atoms with Gasteiger partial charge in [-0.1, -0.05) is 12.1 Å². The molecule has 0 unspecified atom stereocenters. The first-order valence-electron chi connectivity index (χ1n) is 10.6. The maximum absolute atomic E-state index is 13.1. The highest BCUT2D eigenvalue weighted by molar-refractivity contribution is 5.96. The van der Waals surface area contributed by atoms with Crippen LogP contribution in [0.15, 0.2) is 53.5 Å². The SMILES string of the molecule is COCCCN=C(Nc1cccc(C(=O)O)c1)N1CCN(c2cccc(C(F)(F)F)c2)CC1. The molecule has 0 aromatic heterocycles. The zero-order valence-corrected chi connectivity index (χ0v) is 18.3. The molecule has 0 atom stereocenters. The van der Waals surface area contributed by atoms with Crippen LogP contribution in [0, 0.1) is 0 Å². The summed E-state index contributed by atoms with van der Waals surface area (Å²) in [5.74, 6) is -0.427. The van der Waals surface area contributed by atoms with Crippen molar-refractivity contribution in [2.24, 2.45) is 4.99 Å². The van der Waals surface area contributed by atoms with Gasteiger partial charge in [0, 0.05) is 57.8 Å². The van der Waals surface area contributed by atoms with Gasteiger partial charge in [0.15, 0.2) is 5.96 Å². The molecule has 2 aromatic rings. The van der Waals surface area contributed by atoms with Crippen LogP contribution in [-0.4, -0.2) is 68.4 Å². The predicted molar refractivity (Wildman–Crippen MR) is 121 cm³/mol. The summed E-state index contributed by atoms with van der Waals surface area (Å²) in [5, 5.41) is 12.5. The van der Waals surface area contributed by atoms with Crippen molar-refractivity contribution in [2.75, 3.05) is 56.7 Å². The number of hydrogen-bond acceptors (Lipinski definition) is 4. The Kier molecular flexibility index (Phi) is 8.16. The monoisotopic (exact) mass is 464 g/mol. The lowest BCUT2D eigenvalue weighted by atomic mass is 10.1. The molecule has 3 rings (SSSR count). The Morgan fingerprint density at radius 2 is 1.85 bits per heavy atom. The second kappa shape index (κ2) is 11.0. The number of alkyl halides is 3. The zero-order valence-electron chi connectivity index (χ0n) is 18.3. The van der Waals surface area contributed by atoms with E-state index in [1.165, 1.54) is 24.3 Å². The number of benzene rings is 2. The van der Waals surface area contributed by atoms with Crippen LogP contribution in [0.5, 0.6) is 0 Å². The third-order valence-electron chi connectivity index (χ3n) is 5.25. The van der Waals surface area contributed by atoms with Gasteiger partial charge < -0.3 is 25.0 Å². The van der Waals surface area contributed by atoms with Crippen molar-refractivity contribution >= 4 is 23.3 Å². The van der Waals surface area contributed by atoms with Crippen LogP contribution in [0.4, 0.5) is 24.5 Å². The first-order valence-corrected chi connectivity index (χ1v) is 10.6. The van der Waals surface area contributed by atoms with E-state index in [0.717, 1.165) is 12.5 Å². The molecule has 0 radical (unpaired) electrons. The molecule has 0 aliphatic carbocycles. The average molecular weight is 464 g/mol. The molecule has 1 fully saturated rings. The second-order valence-electron chi connectivity index (χ2n) is 7.58. The number of aromatic carboxylic acids is 1. The number of guanidine groups is 1. The Morgan fingerprint density at radius 3 is 2.52 bits per heavy atom. The first-order chi connectivity index (χ1) is 15.8. The summed E-state index contributed by atoms with van der Waals surface area (Å²) in [4.78, 5) is 19.9. The van der Waals surface area contributed by atoms with Gasteiger partial charge in [0.2, 0.25) is 0 Å². The van der Waals surface area contributed by atoms with Gasteiger partial charge in [-0.2, -0.15) is 13.2 Å². The van der Waals surface area contributed by atoms with Gasteiger partial charge in [0.25, 0.3) is 0 Å². The molecule has 0 bridgehead atoms. The molecule has 33 heavy (non-hydrogen) atoms. The number of piperazine rings is 1. The minimum absolute atomic E-state index is 0.160. The number of aliphatic imine (C=N–C) groups is 1. The fourth-order valence-corrected chi connectivity index (χ4v) is 3.53. The van der Waals surface area contributed by atoms with E-state index in [2.05, 4.69) is 10.3 Å². The van der Waals surface area contributed by atoms with Crippen molar-refractivity contribution in [1.29, 1.82) is 0 Å². The molecule has 178 valence electrons. The van der Waals surface area contributed by atoms with Crippen molar-refractivity contribution in [3.63, 3.8) is 0 Å². The van der Waals surface area contributed by atoms with Crippen LogP contribution in [0.3, 0.4) is 0 Å². The van der Waals surface area contributed by atoms with Crippen molar-refractivity contribution in [3.8, 4) is 0 Å². The summed E-state index contributed by atoms with van der Waals surface area (Å²) in [6, 6.07) is 11.8. The highest BCUT2D eigenvalue weighted by Gasteiger charge is 2.31. The number of halogens is 3. The standard InChI is InChI=1S/C23H27F3N4O3/c1-33-14-4-9-27-22(28-19-7-2-5-17(15-19)21(31)32)30-12-10-29(11-13-30)20-8-3-6-18(16-20)23(24,25)26/h2-3,5-8,15-16H,4,9-14H2,1H3,(H,27,28)(H,31,32). The number of anilines is 2. The first kappa shape index (κ1) is 24.4. The molecule has 1 aliphatic heterocycles. The molecule has 2 N–H and O–H groups in total. The third-order valence-corrected chi connectivity index (χ3v) is 5.25. The summed E-state index contributed by atoms with van der Waals surface area (Å²) < 4.78 is 44.3. The normalized spacial score (nSPS) is 15.0. The number of carboxylic acid groups (broad SMARTS) is 1. The van der Waals surface area contributed by atoms with Crippen molar-refractivity contribution < 1.29 is 27.8 Å². The van der Waals surface area contributed by atoms with Gasteiger partial charge in [-0.05, 0) is 42.8 Å². The van der Waals surface area contributed by atoms with Crippen LogP contribution in [0.25, 0.3) is 0 Å². The zero-order chi connectivity index (χ0) is 23.8. The maximum Gasteiger partial charge on any atom is 0.416 e. The quantitative estimate of drug-likeness (QED) is 0.366. The Bertz CT molecular complexity index is 973. The van der Waals surface area contributed by atoms with Gasteiger partial charge in [-0.3, -0.25) is 4.99 Å². The number of nitrogens with one attached hydrogen (secondary N) is 1. The Balaban J connectivity index is 1.71. The van der Waals surface area contributed by atoms with Crippen LogP contribution in [0.1, 0.15) is 22.3 Å². The summed E-state index contributed by atoms with van der Waals surface area (Å²) in [6.07, 6.45) is -3.66. The van der Waals surface area contributed by atoms with Gasteiger partial charge in [0.1, 0.15) is 0 Å². The summed E-state index contributed by atoms with van der Waals surface area (Å²) in [7, 11) is 1.62. The van der Waals surface area contributed by atoms with Crippen molar-refractivity contribution in [2.45, 2.75) is 12.6 Å². The highest BCUT2D eigenvalue weighted by Crippen LogP contribution is 2.32.